The number of aromatic nitrogens is 2. The summed E-state index contributed by atoms with van der Waals surface area (Å²) in [5.41, 5.74) is 1.25. The van der Waals surface area contributed by atoms with E-state index in [2.05, 4.69) is 42.1 Å². The maximum absolute atomic E-state index is 13.4. The van der Waals surface area contributed by atoms with Gasteiger partial charge in [0, 0.05) is 31.9 Å². The third-order valence-electron chi connectivity index (χ3n) is 5.75. The van der Waals surface area contributed by atoms with E-state index in [0.29, 0.717) is 5.13 Å². The molecule has 1 aliphatic rings. The number of rotatable bonds is 2. The van der Waals surface area contributed by atoms with Crippen LogP contribution in [-0.2, 0) is 11.6 Å². The van der Waals surface area contributed by atoms with Crippen molar-refractivity contribution in [3.63, 3.8) is 0 Å². The molecule has 0 bridgehead atoms. The number of carbonyl (C=O) groups is 1. The normalized spacial score (nSPS) is 17.5. The lowest BCUT2D eigenvalue weighted by atomic mass is 9.87. The monoisotopic (exact) mass is 477 g/mol. The standard InChI is InChI=1S/C23H26F3N5OS/c1-14-13-30(19-16(23(24,25)26)6-5-9-27-19)10-11-31(14)21(32)29-20-28-17-8-7-15(22(2,3)4)12-18(17)33-20/h5-9,12,14H,10-11,13H2,1-4H3,(H,28,29,32)/t14-/m1/s1. The van der Waals surface area contributed by atoms with Crippen molar-refractivity contribution in [1.82, 2.24) is 14.9 Å². The van der Waals surface area contributed by atoms with Crippen LogP contribution in [0.1, 0.15) is 38.8 Å². The smallest absolute Gasteiger partial charge is 0.352 e. The Hall–Kier alpha value is -2.88. The Balaban J connectivity index is 1.46. The largest absolute Gasteiger partial charge is 0.419 e. The fourth-order valence-corrected chi connectivity index (χ4v) is 4.82. The Morgan fingerprint density at radius 3 is 2.61 bits per heavy atom. The Morgan fingerprint density at radius 1 is 1.18 bits per heavy atom. The van der Waals surface area contributed by atoms with E-state index in [1.165, 1.54) is 29.2 Å². The predicted molar refractivity (Wildman–Crippen MR) is 125 cm³/mol. The van der Waals surface area contributed by atoms with Crippen molar-refractivity contribution < 1.29 is 18.0 Å². The molecule has 0 saturated carbocycles. The van der Waals surface area contributed by atoms with E-state index in [1.54, 1.807) is 9.80 Å². The van der Waals surface area contributed by atoms with Crippen LogP contribution in [0.4, 0.5) is 28.9 Å². The third-order valence-corrected chi connectivity index (χ3v) is 6.68. The molecule has 1 atom stereocenters. The Labute approximate surface area is 194 Å². The minimum absolute atomic E-state index is 0.0102. The van der Waals surface area contributed by atoms with E-state index in [1.807, 2.05) is 19.1 Å². The molecule has 0 unspecified atom stereocenters. The van der Waals surface area contributed by atoms with E-state index < -0.39 is 11.7 Å². The number of piperazine rings is 1. The number of hydrogen-bond acceptors (Lipinski definition) is 5. The number of halogens is 3. The van der Waals surface area contributed by atoms with Crippen LogP contribution >= 0.6 is 11.3 Å². The zero-order chi connectivity index (χ0) is 24.0. The van der Waals surface area contributed by atoms with E-state index in [0.717, 1.165) is 16.3 Å². The molecule has 10 heteroatoms. The highest BCUT2D eigenvalue weighted by atomic mass is 32.1. The van der Waals surface area contributed by atoms with E-state index in [4.69, 9.17) is 0 Å². The van der Waals surface area contributed by atoms with Crippen LogP contribution in [0.3, 0.4) is 0 Å². The number of fused-ring (bicyclic) bond motifs is 1. The fourth-order valence-electron chi connectivity index (χ4n) is 3.93. The summed E-state index contributed by atoms with van der Waals surface area (Å²) < 4.78 is 41.1. The molecule has 0 radical (unpaired) electrons. The lowest BCUT2D eigenvalue weighted by Crippen LogP contribution is -2.55. The molecular formula is C23H26F3N5OS. The number of thiazole rings is 1. The van der Waals surface area contributed by atoms with E-state index >= 15 is 0 Å². The molecule has 0 spiro atoms. The Morgan fingerprint density at radius 2 is 1.94 bits per heavy atom. The molecule has 1 N–H and O–H groups in total. The second-order valence-corrected chi connectivity index (χ2v) is 10.3. The zero-order valence-electron chi connectivity index (χ0n) is 18.9. The SMILES string of the molecule is C[C@@H]1CN(c2ncccc2C(F)(F)F)CCN1C(=O)Nc1nc2ccc(C(C)(C)C)cc2s1. The van der Waals surface area contributed by atoms with Crippen molar-refractivity contribution in [3.8, 4) is 0 Å². The average molecular weight is 478 g/mol. The van der Waals surface area contributed by atoms with Gasteiger partial charge in [0.15, 0.2) is 5.13 Å². The van der Waals surface area contributed by atoms with Gasteiger partial charge in [-0.25, -0.2) is 14.8 Å². The second-order valence-electron chi connectivity index (χ2n) is 9.24. The van der Waals surface area contributed by atoms with Gasteiger partial charge in [0.05, 0.1) is 15.8 Å². The van der Waals surface area contributed by atoms with Crippen molar-refractivity contribution in [1.29, 1.82) is 0 Å². The molecule has 176 valence electrons. The van der Waals surface area contributed by atoms with Gasteiger partial charge in [0.2, 0.25) is 0 Å². The molecule has 0 aliphatic carbocycles. The fraction of sp³-hybridized carbons (Fsp3) is 0.435. The molecule has 1 aromatic carbocycles. The molecule has 1 saturated heterocycles. The summed E-state index contributed by atoms with van der Waals surface area (Å²) >= 11 is 1.41. The van der Waals surface area contributed by atoms with Crippen molar-refractivity contribution in [2.45, 2.75) is 45.3 Å². The number of amides is 2. The molecule has 4 rings (SSSR count). The third kappa shape index (κ3) is 4.90. The van der Waals surface area contributed by atoms with Crippen LogP contribution in [0, 0.1) is 0 Å². The van der Waals surface area contributed by atoms with Crippen molar-refractivity contribution in [2.24, 2.45) is 0 Å². The number of pyridine rings is 1. The van der Waals surface area contributed by atoms with E-state index in [-0.39, 0.29) is 42.9 Å². The maximum Gasteiger partial charge on any atom is 0.419 e. The predicted octanol–water partition coefficient (Wildman–Crippen LogP) is 5.75. The first-order valence-corrected chi connectivity index (χ1v) is 11.5. The van der Waals surface area contributed by atoms with Gasteiger partial charge in [0.25, 0.3) is 0 Å². The van der Waals surface area contributed by atoms with Gasteiger partial charge in [-0.2, -0.15) is 13.2 Å². The molecule has 3 heterocycles. The number of benzene rings is 1. The summed E-state index contributed by atoms with van der Waals surface area (Å²) in [6.07, 6.45) is -3.13. The van der Waals surface area contributed by atoms with Gasteiger partial charge in [0.1, 0.15) is 5.82 Å². The van der Waals surface area contributed by atoms with Crippen LogP contribution in [0.15, 0.2) is 36.5 Å². The maximum atomic E-state index is 13.4. The van der Waals surface area contributed by atoms with Gasteiger partial charge < -0.3 is 9.80 Å². The summed E-state index contributed by atoms with van der Waals surface area (Å²) in [4.78, 5) is 24.6. The number of anilines is 2. The highest BCUT2D eigenvalue weighted by molar-refractivity contribution is 7.22. The van der Waals surface area contributed by atoms with Crippen LogP contribution in [-0.4, -0.2) is 46.6 Å². The summed E-state index contributed by atoms with van der Waals surface area (Å²) in [6, 6.07) is 7.79. The molecule has 1 aliphatic heterocycles. The van der Waals surface area contributed by atoms with Crippen molar-refractivity contribution >= 4 is 38.5 Å². The summed E-state index contributed by atoms with van der Waals surface area (Å²) in [6.45, 7) is 9.02. The zero-order valence-corrected chi connectivity index (χ0v) is 19.7. The number of hydrogen-bond donors (Lipinski definition) is 1. The van der Waals surface area contributed by atoms with Gasteiger partial charge in [-0.3, -0.25) is 5.32 Å². The summed E-state index contributed by atoms with van der Waals surface area (Å²) in [5, 5.41) is 3.36. The molecule has 2 aromatic heterocycles. The average Bonchev–Trinajstić information content (AvgIpc) is 3.13. The molecule has 6 nitrogen and oxygen atoms in total. The summed E-state index contributed by atoms with van der Waals surface area (Å²) in [5.74, 6) is -0.0993. The number of alkyl halides is 3. The molecular weight excluding hydrogens is 451 g/mol. The lowest BCUT2D eigenvalue weighted by molar-refractivity contribution is -0.137. The second kappa shape index (κ2) is 8.48. The number of nitrogens with one attached hydrogen (secondary N) is 1. The Kier molecular flexibility index (Phi) is 5.98. The minimum Gasteiger partial charge on any atom is -0.352 e. The molecule has 33 heavy (non-hydrogen) atoms. The first kappa shape index (κ1) is 23.3. The summed E-state index contributed by atoms with van der Waals surface area (Å²) in [7, 11) is 0. The quantitative estimate of drug-likeness (QED) is 0.511. The number of carbonyl (C=O) groups excluding carboxylic acids is 1. The van der Waals surface area contributed by atoms with Gasteiger partial charge >= 0.3 is 12.2 Å². The highest BCUT2D eigenvalue weighted by Crippen LogP contribution is 2.36. The van der Waals surface area contributed by atoms with Crippen LogP contribution in [0.25, 0.3) is 10.2 Å². The van der Waals surface area contributed by atoms with Crippen LogP contribution in [0.2, 0.25) is 0 Å². The lowest BCUT2D eigenvalue weighted by Gasteiger charge is -2.40. The van der Waals surface area contributed by atoms with Crippen LogP contribution < -0.4 is 10.2 Å². The van der Waals surface area contributed by atoms with Crippen molar-refractivity contribution in [2.75, 3.05) is 29.9 Å². The first-order chi connectivity index (χ1) is 15.4. The number of urea groups is 1. The Bertz CT molecular complexity index is 1170. The van der Waals surface area contributed by atoms with Gasteiger partial charge in [-0.05, 0) is 42.2 Å². The molecule has 2 amide bonds. The molecule has 3 aromatic rings. The van der Waals surface area contributed by atoms with Gasteiger partial charge in [-0.1, -0.05) is 38.2 Å². The van der Waals surface area contributed by atoms with Crippen LogP contribution in [0.5, 0.6) is 0 Å². The first-order valence-electron chi connectivity index (χ1n) is 10.7. The van der Waals surface area contributed by atoms with E-state index in [9.17, 15) is 18.0 Å². The molecule has 1 fully saturated rings. The van der Waals surface area contributed by atoms with Gasteiger partial charge in [-0.15, -0.1) is 0 Å². The number of nitrogens with zero attached hydrogens (tertiary/aromatic N) is 4. The highest BCUT2D eigenvalue weighted by Gasteiger charge is 2.37. The van der Waals surface area contributed by atoms with Crippen molar-refractivity contribution in [3.05, 3.63) is 47.7 Å². The minimum atomic E-state index is -4.49. The topological polar surface area (TPSA) is 61.4 Å².